The third-order valence-electron chi connectivity index (χ3n) is 3.94. The van der Waals surface area contributed by atoms with Crippen molar-refractivity contribution >= 4 is 17.0 Å². The van der Waals surface area contributed by atoms with Gasteiger partial charge >= 0.3 is 0 Å². The maximum absolute atomic E-state index is 13.5. The molecule has 1 atom stereocenters. The van der Waals surface area contributed by atoms with Crippen molar-refractivity contribution < 1.29 is 24.8 Å². The van der Waals surface area contributed by atoms with E-state index in [0.717, 1.165) is 17.5 Å². The predicted molar refractivity (Wildman–Crippen MR) is 88.0 cm³/mol. The Hall–Kier alpha value is -1.99. The molecule has 1 aliphatic heterocycles. The van der Waals surface area contributed by atoms with E-state index < -0.39 is 17.3 Å². The number of nitrogens with one attached hydrogen (secondary N) is 1. The van der Waals surface area contributed by atoms with Crippen molar-refractivity contribution in [3.8, 4) is 23.0 Å². The van der Waals surface area contributed by atoms with Crippen molar-refractivity contribution in [2.24, 2.45) is 0 Å². The summed E-state index contributed by atoms with van der Waals surface area (Å²) < 4.78 is 13.5. The van der Waals surface area contributed by atoms with Gasteiger partial charge in [0.25, 0.3) is 0 Å². The number of phenolic OH excluding ortho intramolecular Hbond substituents is 4. The number of rotatable bonds is 2. The van der Waals surface area contributed by atoms with Crippen molar-refractivity contribution in [2.75, 3.05) is 6.54 Å². The Morgan fingerprint density at radius 3 is 2.39 bits per heavy atom. The first-order chi connectivity index (χ1) is 10.5. The zero-order chi connectivity index (χ0) is 15.9. The normalized spacial score (nSPS) is 16.5. The van der Waals surface area contributed by atoms with Crippen molar-refractivity contribution in [2.45, 2.75) is 18.9 Å². The lowest BCUT2D eigenvalue weighted by atomic mass is 9.89. The minimum Gasteiger partial charge on any atom is -0.504 e. The second-order valence-corrected chi connectivity index (χ2v) is 5.45. The van der Waals surface area contributed by atoms with Gasteiger partial charge in [-0.15, -0.1) is 17.0 Å². The van der Waals surface area contributed by atoms with Crippen LogP contribution in [0.4, 0.5) is 4.39 Å². The van der Waals surface area contributed by atoms with Crippen LogP contribution in [0.2, 0.25) is 0 Å². The number of hydrogen-bond acceptors (Lipinski definition) is 5. The van der Waals surface area contributed by atoms with E-state index in [0.29, 0.717) is 18.5 Å². The van der Waals surface area contributed by atoms with Crippen LogP contribution < -0.4 is 5.32 Å². The molecule has 5 nitrogen and oxygen atoms in total. The van der Waals surface area contributed by atoms with Crippen LogP contribution in [0.5, 0.6) is 23.0 Å². The molecule has 2 aromatic carbocycles. The van der Waals surface area contributed by atoms with Crippen LogP contribution in [0.25, 0.3) is 0 Å². The molecule has 1 aliphatic rings. The third-order valence-corrected chi connectivity index (χ3v) is 3.94. The third kappa shape index (κ3) is 3.35. The molecule has 0 aliphatic carbocycles. The van der Waals surface area contributed by atoms with Crippen molar-refractivity contribution in [1.82, 2.24) is 5.32 Å². The fraction of sp³-hybridized carbons (Fsp3) is 0.250. The lowest BCUT2D eigenvalue weighted by Crippen LogP contribution is -2.31. The molecular formula is C16H17BrFNO4. The van der Waals surface area contributed by atoms with E-state index in [1.807, 2.05) is 0 Å². The standard InChI is InChI=1S/C16H16FNO4.BrH/c17-11-3-8(5-15(21)16(11)22)4-12-10-7-14(20)13(19)6-9(10)1-2-18-12;/h3,5-7,12,18-22H,1-2,4H2;1H. The van der Waals surface area contributed by atoms with E-state index in [4.69, 9.17) is 0 Å². The van der Waals surface area contributed by atoms with Crippen LogP contribution in [-0.2, 0) is 12.8 Å². The Balaban J connectivity index is 0.00000192. The molecule has 0 saturated carbocycles. The van der Waals surface area contributed by atoms with Gasteiger partial charge in [0.1, 0.15) is 0 Å². The first-order valence-electron chi connectivity index (χ1n) is 6.94. The molecule has 2 aromatic rings. The first-order valence-corrected chi connectivity index (χ1v) is 6.94. The van der Waals surface area contributed by atoms with E-state index in [-0.39, 0.29) is 34.5 Å². The van der Waals surface area contributed by atoms with Crippen LogP contribution in [0.1, 0.15) is 22.7 Å². The quantitative estimate of drug-likeness (QED) is 0.512. The first kappa shape index (κ1) is 17.4. The summed E-state index contributed by atoms with van der Waals surface area (Å²) in [5.41, 5.74) is 2.27. The number of hydrogen-bond donors (Lipinski definition) is 5. The van der Waals surface area contributed by atoms with Gasteiger partial charge in [-0.1, -0.05) is 0 Å². The van der Waals surface area contributed by atoms with Crippen LogP contribution in [0.15, 0.2) is 24.3 Å². The summed E-state index contributed by atoms with van der Waals surface area (Å²) in [6, 6.07) is 5.34. The SMILES string of the molecule is Br.Oc1cc2c(cc1O)C(Cc1cc(O)c(O)c(F)c1)NCC2. The summed E-state index contributed by atoms with van der Waals surface area (Å²) >= 11 is 0. The highest BCUT2D eigenvalue weighted by molar-refractivity contribution is 8.93. The van der Waals surface area contributed by atoms with Crippen LogP contribution in [0, 0.1) is 5.82 Å². The average Bonchev–Trinajstić information content (AvgIpc) is 2.47. The van der Waals surface area contributed by atoms with Crippen molar-refractivity contribution in [3.05, 3.63) is 46.8 Å². The van der Waals surface area contributed by atoms with E-state index in [2.05, 4.69) is 5.32 Å². The molecule has 1 heterocycles. The molecule has 0 saturated heterocycles. The Kier molecular flexibility index (Phi) is 5.01. The minimum absolute atomic E-state index is 0. The van der Waals surface area contributed by atoms with Gasteiger partial charge in [0.2, 0.25) is 0 Å². The van der Waals surface area contributed by atoms with Gasteiger partial charge in [0.05, 0.1) is 0 Å². The second kappa shape index (κ2) is 6.64. The Morgan fingerprint density at radius 1 is 1.00 bits per heavy atom. The zero-order valence-electron chi connectivity index (χ0n) is 12.1. The number of aromatic hydroxyl groups is 4. The topological polar surface area (TPSA) is 93.0 Å². The Labute approximate surface area is 142 Å². The van der Waals surface area contributed by atoms with Crippen molar-refractivity contribution in [1.29, 1.82) is 0 Å². The molecule has 0 aromatic heterocycles. The molecule has 1 unspecified atom stereocenters. The number of benzene rings is 2. The maximum Gasteiger partial charge on any atom is 0.194 e. The molecule has 124 valence electrons. The summed E-state index contributed by atoms with van der Waals surface area (Å²) in [5.74, 6) is -2.50. The van der Waals surface area contributed by atoms with Gasteiger partial charge in [-0.3, -0.25) is 0 Å². The fourth-order valence-corrected chi connectivity index (χ4v) is 2.84. The highest BCUT2D eigenvalue weighted by Crippen LogP contribution is 2.36. The maximum atomic E-state index is 13.5. The highest BCUT2D eigenvalue weighted by atomic mass is 79.9. The monoisotopic (exact) mass is 385 g/mol. The van der Waals surface area contributed by atoms with Gasteiger partial charge in [-0.2, -0.15) is 0 Å². The summed E-state index contributed by atoms with van der Waals surface area (Å²) in [7, 11) is 0. The van der Waals surface area contributed by atoms with Crippen LogP contribution in [0.3, 0.4) is 0 Å². The highest BCUT2D eigenvalue weighted by Gasteiger charge is 2.23. The van der Waals surface area contributed by atoms with E-state index in [1.165, 1.54) is 24.3 Å². The Bertz CT molecular complexity index is 715. The lowest BCUT2D eigenvalue weighted by Gasteiger charge is -2.27. The van der Waals surface area contributed by atoms with Crippen LogP contribution in [-0.4, -0.2) is 27.0 Å². The molecule has 5 N–H and O–H groups in total. The van der Waals surface area contributed by atoms with Crippen molar-refractivity contribution in [3.63, 3.8) is 0 Å². The zero-order valence-corrected chi connectivity index (χ0v) is 13.8. The summed E-state index contributed by atoms with van der Waals surface area (Å²) in [6.45, 7) is 0.689. The summed E-state index contributed by atoms with van der Waals surface area (Å²) in [5, 5.41) is 41.3. The number of halogens is 2. The fourth-order valence-electron chi connectivity index (χ4n) is 2.84. The van der Waals surface area contributed by atoms with E-state index in [1.54, 1.807) is 0 Å². The molecule has 0 amide bonds. The predicted octanol–water partition coefficient (Wildman–Crippen LogP) is 2.66. The van der Waals surface area contributed by atoms with E-state index in [9.17, 15) is 24.8 Å². The average molecular weight is 386 g/mol. The molecule has 23 heavy (non-hydrogen) atoms. The minimum atomic E-state index is -0.875. The van der Waals surface area contributed by atoms with Gasteiger partial charge in [-0.05, 0) is 60.3 Å². The largest absolute Gasteiger partial charge is 0.504 e. The molecule has 0 radical (unpaired) electrons. The van der Waals surface area contributed by atoms with Gasteiger partial charge < -0.3 is 25.7 Å². The smallest absolute Gasteiger partial charge is 0.194 e. The molecule has 0 bridgehead atoms. The van der Waals surface area contributed by atoms with Crippen LogP contribution >= 0.6 is 17.0 Å². The van der Waals surface area contributed by atoms with Gasteiger partial charge in [0, 0.05) is 6.04 Å². The molecule has 0 spiro atoms. The summed E-state index contributed by atoms with van der Waals surface area (Å²) in [6.07, 6.45) is 1.09. The van der Waals surface area contributed by atoms with Gasteiger partial charge in [0.15, 0.2) is 28.8 Å². The molecule has 0 fully saturated rings. The number of fused-ring (bicyclic) bond motifs is 1. The molecule has 3 rings (SSSR count). The molecular weight excluding hydrogens is 369 g/mol. The number of phenols is 4. The second-order valence-electron chi connectivity index (χ2n) is 5.45. The Morgan fingerprint density at radius 2 is 1.70 bits per heavy atom. The summed E-state index contributed by atoms with van der Waals surface area (Å²) in [4.78, 5) is 0. The molecule has 7 heteroatoms. The van der Waals surface area contributed by atoms with E-state index >= 15 is 0 Å². The lowest BCUT2D eigenvalue weighted by molar-refractivity contribution is 0.377. The van der Waals surface area contributed by atoms with Gasteiger partial charge in [-0.25, -0.2) is 4.39 Å².